The van der Waals surface area contributed by atoms with E-state index < -0.39 is 11.7 Å². The number of H-pyrrole nitrogens is 1. The number of para-hydroxylation sites is 1. The van der Waals surface area contributed by atoms with Crippen molar-refractivity contribution in [1.29, 1.82) is 0 Å². The zero-order valence-electron chi connectivity index (χ0n) is 13.6. The second-order valence-corrected chi connectivity index (χ2v) is 5.97. The Morgan fingerprint density at radius 3 is 2.44 bits per heavy atom. The Labute approximate surface area is 142 Å². The lowest BCUT2D eigenvalue weighted by molar-refractivity contribution is -0.137. The first-order valence-corrected chi connectivity index (χ1v) is 7.76. The van der Waals surface area contributed by atoms with Crippen molar-refractivity contribution in [3.63, 3.8) is 0 Å². The van der Waals surface area contributed by atoms with Crippen LogP contribution >= 0.6 is 0 Å². The monoisotopic (exact) mass is 347 g/mol. The summed E-state index contributed by atoms with van der Waals surface area (Å²) in [6.07, 6.45) is -4.70. The van der Waals surface area contributed by atoms with Crippen LogP contribution in [0, 0.1) is 0 Å². The number of aromatic amines is 1. The van der Waals surface area contributed by atoms with Crippen LogP contribution in [0.5, 0.6) is 5.75 Å². The summed E-state index contributed by atoms with van der Waals surface area (Å²) < 4.78 is 44.9. The lowest BCUT2D eigenvalue weighted by atomic mass is 10.0. The van der Waals surface area contributed by atoms with Crippen LogP contribution in [-0.2, 0) is 6.18 Å². The minimum Gasteiger partial charge on any atom is -0.490 e. The summed E-state index contributed by atoms with van der Waals surface area (Å²) in [7, 11) is 0. The molecule has 130 valence electrons. The highest BCUT2D eigenvalue weighted by molar-refractivity contribution is 5.82. The van der Waals surface area contributed by atoms with Gasteiger partial charge in [0, 0.05) is 22.5 Å². The van der Waals surface area contributed by atoms with Crippen LogP contribution in [0.4, 0.5) is 13.2 Å². The van der Waals surface area contributed by atoms with Gasteiger partial charge < -0.3 is 9.72 Å². The standard InChI is InChI=1S/C19H16F3NO2/c1-11(2)25-18-8-7-12(19(20,21)22)9-14(18)16-10-17(24)13-5-3-4-6-15(13)23-16/h3-11H,1-2H3,(H,23,24). The number of rotatable bonds is 3. The molecule has 1 N–H and O–H groups in total. The number of benzene rings is 2. The molecule has 0 saturated carbocycles. The Hall–Kier alpha value is -2.76. The zero-order chi connectivity index (χ0) is 18.2. The summed E-state index contributed by atoms with van der Waals surface area (Å²) in [6.45, 7) is 3.56. The highest BCUT2D eigenvalue weighted by atomic mass is 19.4. The maximum absolute atomic E-state index is 13.1. The molecule has 2 aromatic carbocycles. The summed E-state index contributed by atoms with van der Waals surface area (Å²) in [6, 6.07) is 11.4. The highest BCUT2D eigenvalue weighted by Crippen LogP contribution is 2.37. The van der Waals surface area contributed by atoms with E-state index in [1.807, 2.05) is 0 Å². The van der Waals surface area contributed by atoms with Gasteiger partial charge in [-0.25, -0.2) is 0 Å². The molecule has 0 bridgehead atoms. The first kappa shape index (κ1) is 17.1. The van der Waals surface area contributed by atoms with Gasteiger partial charge in [0.15, 0.2) is 5.43 Å². The number of alkyl halides is 3. The minimum atomic E-state index is -4.48. The Morgan fingerprint density at radius 2 is 1.76 bits per heavy atom. The van der Waals surface area contributed by atoms with E-state index in [1.54, 1.807) is 38.1 Å². The Morgan fingerprint density at radius 1 is 1.04 bits per heavy atom. The molecule has 3 rings (SSSR count). The lowest BCUT2D eigenvalue weighted by Gasteiger charge is -2.17. The fourth-order valence-corrected chi connectivity index (χ4v) is 2.62. The van der Waals surface area contributed by atoms with Gasteiger partial charge in [0.1, 0.15) is 5.75 Å². The maximum atomic E-state index is 13.1. The van der Waals surface area contributed by atoms with E-state index >= 15 is 0 Å². The molecule has 1 heterocycles. The van der Waals surface area contributed by atoms with Crippen molar-refractivity contribution in [2.24, 2.45) is 0 Å². The van der Waals surface area contributed by atoms with Gasteiger partial charge in [-0.15, -0.1) is 0 Å². The largest absolute Gasteiger partial charge is 0.490 e. The minimum absolute atomic E-state index is 0.200. The van der Waals surface area contributed by atoms with Gasteiger partial charge in [-0.05, 0) is 44.2 Å². The van der Waals surface area contributed by atoms with Gasteiger partial charge in [0.05, 0.1) is 17.4 Å². The quantitative estimate of drug-likeness (QED) is 0.724. The van der Waals surface area contributed by atoms with Crippen LogP contribution in [-0.4, -0.2) is 11.1 Å². The molecule has 0 amide bonds. The molecule has 1 aromatic heterocycles. The van der Waals surface area contributed by atoms with E-state index in [2.05, 4.69) is 4.98 Å². The van der Waals surface area contributed by atoms with E-state index in [1.165, 1.54) is 12.1 Å². The van der Waals surface area contributed by atoms with Crippen molar-refractivity contribution in [3.8, 4) is 17.0 Å². The molecular formula is C19H16F3NO2. The van der Waals surface area contributed by atoms with Crippen molar-refractivity contribution in [2.45, 2.75) is 26.1 Å². The Bertz CT molecular complexity index is 974. The third-order valence-corrected chi connectivity index (χ3v) is 3.70. The molecule has 0 aliphatic heterocycles. The van der Waals surface area contributed by atoms with Crippen molar-refractivity contribution >= 4 is 10.9 Å². The third-order valence-electron chi connectivity index (χ3n) is 3.70. The molecule has 0 fully saturated rings. The number of halogens is 3. The predicted molar refractivity (Wildman–Crippen MR) is 90.8 cm³/mol. The normalized spacial score (nSPS) is 11.9. The summed E-state index contributed by atoms with van der Waals surface area (Å²) in [5.74, 6) is 0.286. The molecule has 0 saturated heterocycles. The van der Waals surface area contributed by atoms with Crippen molar-refractivity contribution < 1.29 is 17.9 Å². The average molecular weight is 347 g/mol. The van der Waals surface area contributed by atoms with Crippen LogP contribution in [0.15, 0.2) is 53.3 Å². The van der Waals surface area contributed by atoms with E-state index in [-0.39, 0.29) is 28.5 Å². The van der Waals surface area contributed by atoms with Gasteiger partial charge in [-0.3, -0.25) is 4.79 Å². The summed E-state index contributed by atoms with van der Waals surface area (Å²) in [5, 5.41) is 0.476. The summed E-state index contributed by atoms with van der Waals surface area (Å²) >= 11 is 0. The van der Waals surface area contributed by atoms with E-state index in [4.69, 9.17) is 4.74 Å². The van der Waals surface area contributed by atoms with Crippen LogP contribution in [0.25, 0.3) is 22.2 Å². The maximum Gasteiger partial charge on any atom is 0.416 e. The summed E-state index contributed by atoms with van der Waals surface area (Å²) in [4.78, 5) is 15.3. The number of ether oxygens (including phenoxy) is 1. The van der Waals surface area contributed by atoms with E-state index in [0.29, 0.717) is 10.9 Å². The van der Waals surface area contributed by atoms with Crippen molar-refractivity contribution in [2.75, 3.05) is 0 Å². The van der Waals surface area contributed by atoms with E-state index in [0.717, 1.165) is 12.1 Å². The molecule has 0 unspecified atom stereocenters. The summed E-state index contributed by atoms with van der Waals surface area (Å²) in [5.41, 5.74) is -0.0281. The second-order valence-electron chi connectivity index (χ2n) is 5.97. The highest BCUT2D eigenvalue weighted by Gasteiger charge is 2.31. The van der Waals surface area contributed by atoms with Gasteiger partial charge in [0.25, 0.3) is 0 Å². The van der Waals surface area contributed by atoms with Crippen molar-refractivity contribution in [1.82, 2.24) is 4.98 Å². The van der Waals surface area contributed by atoms with Crippen LogP contribution in [0.3, 0.4) is 0 Å². The molecule has 0 radical (unpaired) electrons. The number of aromatic nitrogens is 1. The van der Waals surface area contributed by atoms with Gasteiger partial charge in [-0.1, -0.05) is 12.1 Å². The van der Waals surface area contributed by atoms with Gasteiger partial charge in [-0.2, -0.15) is 13.2 Å². The second kappa shape index (κ2) is 6.27. The molecule has 3 nitrogen and oxygen atoms in total. The first-order valence-electron chi connectivity index (χ1n) is 7.76. The molecule has 0 aliphatic rings. The van der Waals surface area contributed by atoms with Crippen molar-refractivity contribution in [3.05, 3.63) is 64.3 Å². The third kappa shape index (κ3) is 3.52. The van der Waals surface area contributed by atoms with Crippen LogP contribution in [0.1, 0.15) is 19.4 Å². The number of hydrogen-bond acceptors (Lipinski definition) is 2. The number of nitrogens with one attached hydrogen (secondary N) is 1. The van der Waals surface area contributed by atoms with Crippen LogP contribution in [0.2, 0.25) is 0 Å². The average Bonchev–Trinajstić information content (AvgIpc) is 2.53. The van der Waals surface area contributed by atoms with Gasteiger partial charge in [0.2, 0.25) is 0 Å². The molecule has 0 spiro atoms. The van der Waals surface area contributed by atoms with Gasteiger partial charge >= 0.3 is 6.18 Å². The lowest BCUT2D eigenvalue weighted by Crippen LogP contribution is -2.10. The molecule has 6 heteroatoms. The zero-order valence-corrected chi connectivity index (χ0v) is 13.6. The SMILES string of the molecule is CC(C)Oc1ccc(C(F)(F)F)cc1-c1cc(=O)c2ccccc2[nH]1. The fourth-order valence-electron chi connectivity index (χ4n) is 2.62. The first-order chi connectivity index (χ1) is 11.8. The Balaban J connectivity index is 2.25. The number of fused-ring (bicyclic) bond motifs is 1. The Kier molecular flexibility index (Phi) is 4.29. The molecule has 0 atom stereocenters. The molecular weight excluding hydrogens is 331 g/mol. The smallest absolute Gasteiger partial charge is 0.416 e. The molecule has 3 aromatic rings. The fraction of sp³-hybridized carbons (Fsp3) is 0.211. The molecule has 0 aliphatic carbocycles. The number of hydrogen-bond donors (Lipinski definition) is 1. The predicted octanol–water partition coefficient (Wildman–Crippen LogP) is 5.00. The topological polar surface area (TPSA) is 42.1 Å². The van der Waals surface area contributed by atoms with E-state index in [9.17, 15) is 18.0 Å². The molecule has 25 heavy (non-hydrogen) atoms. The number of pyridine rings is 1. The van der Waals surface area contributed by atoms with Crippen LogP contribution < -0.4 is 10.2 Å².